The Hall–Kier alpha value is -0.870. The van der Waals surface area contributed by atoms with Crippen molar-refractivity contribution < 1.29 is 4.74 Å². The number of ether oxygens (including phenoxy) is 1. The molecule has 1 aliphatic heterocycles. The average molecular weight is 223 g/mol. The van der Waals surface area contributed by atoms with Gasteiger partial charge in [-0.25, -0.2) is 0 Å². The SMILES string of the molecule is CCn1nc(CNC)cc1C1CCOCC1. The van der Waals surface area contributed by atoms with Crippen molar-refractivity contribution >= 4 is 0 Å². The molecule has 1 aliphatic rings. The normalized spacial score (nSPS) is 17.9. The van der Waals surface area contributed by atoms with E-state index in [0.717, 1.165) is 44.8 Å². The lowest BCUT2D eigenvalue weighted by atomic mass is 9.96. The third-order valence-electron chi connectivity index (χ3n) is 3.16. The molecule has 0 atom stereocenters. The van der Waals surface area contributed by atoms with Gasteiger partial charge >= 0.3 is 0 Å². The Balaban J connectivity index is 2.16. The number of nitrogens with one attached hydrogen (secondary N) is 1. The zero-order chi connectivity index (χ0) is 11.4. The number of hydrogen-bond acceptors (Lipinski definition) is 3. The maximum absolute atomic E-state index is 5.41. The number of hydrogen-bond donors (Lipinski definition) is 1. The van der Waals surface area contributed by atoms with Crippen LogP contribution >= 0.6 is 0 Å². The number of aryl methyl sites for hydroxylation is 1. The summed E-state index contributed by atoms with van der Waals surface area (Å²) >= 11 is 0. The van der Waals surface area contributed by atoms with Crippen molar-refractivity contribution in [2.75, 3.05) is 20.3 Å². The lowest BCUT2D eigenvalue weighted by Crippen LogP contribution is -2.17. The molecule has 4 heteroatoms. The molecule has 1 fully saturated rings. The summed E-state index contributed by atoms with van der Waals surface area (Å²) in [5.74, 6) is 0.631. The summed E-state index contributed by atoms with van der Waals surface area (Å²) in [6, 6.07) is 2.25. The van der Waals surface area contributed by atoms with E-state index in [2.05, 4.69) is 28.1 Å². The fourth-order valence-electron chi connectivity index (χ4n) is 2.33. The van der Waals surface area contributed by atoms with E-state index < -0.39 is 0 Å². The molecule has 2 rings (SSSR count). The van der Waals surface area contributed by atoms with Crippen LogP contribution in [-0.4, -0.2) is 30.0 Å². The molecule has 1 aromatic rings. The highest BCUT2D eigenvalue weighted by Gasteiger charge is 2.20. The van der Waals surface area contributed by atoms with Gasteiger partial charge in [0, 0.05) is 37.9 Å². The first-order chi connectivity index (χ1) is 7.85. The summed E-state index contributed by atoms with van der Waals surface area (Å²) < 4.78 is 7.55. The first kappa shape index (κ1) is 11.6. The quantitative estimate of drug-likeness (QED) is 0.841. The molecule has 0 saturated carbocycles. The van der Waals surface area contributed by atoms with Crippen LogP contribution in [0.2, 0.25) is 0 Å². The van der Waals surface area contributed by atoms with Crippen LogP contribution in [0.25, 0.3) is 0 Å². The number of rotatable bonds is 4. The molecule has 0 spiro atoms. The highest BCUT2D eigenvalue weighted by molar-refractivity contribution is 5.15. The minimum absolute atomic E-state index is 0.631. The summed E-state index contributed by atoms with van der Waals surface area (Å²) in [7, 11) is 1.96. The van der Waals surface area contributed by atoms with Crippen LogP contribution in [0.1, 0.15) is 37.1 Å². The fraction of sp³-hybridized carbons (Fsp3) is 0.750. The van der Waals surface area contributed by atoms with Crippen LogP contribution in [0.3, 0.4) is 0 Å². The van der Waals surface area contributed by atoms with Crippen molar-refractivity contribution in [3.8, 4) is 0 Å². The fourth-order valence-corrected chi connectivity index (χ4v) is 2.33. The molecular formula is C12H21N3O. The van der Waals surface area contributed by atoms with Crippen molar-refractivity contribution in [3.63, 3.8) is 0 Å². The second kappa shape index (κ2) is 5.46. The number of aromatic nitrogens is 2. The van der Waals surface area contributed by atoms with Crippen molar-refractivity contribution in [1.82, 2.24) is 15.1 Å². The van der Waals surface area contributed by atoms with Gasteiger partial charge in [0.15, 0.2) is 0 Å². The van der Waals surface area contributed by atoms with E-state index >= 15 is 0 Å². The molecule has 0 amide bonds. The van der Waals surface area contributed by atoms with Crippen LogP contribution < -0.4 is 5.32 Å². The van der Waals surface area contributed by atoms with Gasteiger partial charge in [0.05, 0.1) is 5.69 Å². The van der Waals surface area contributed by atoms with Gasteiger partial charge in [-0.2, -0.15) is 5.10 Å². The third kappa shape index (κ3) is 2.44. The molecule has 0 bridgehead atoms. The second-order valence-electron chi connectivity index (χ2n) is 4.29. The van der Waals surface area contributed by atoms with Crippen molar-refractivity contribution in [2.45, 2.75) is 38.8 Å². The first-order valence-corrected chi connectivity index (χ1v) is 6.14. The van der Waals surface area contributed by atoms with Gasteiger partial charge in [-0.15, -0.1) is 0 Å². The molecular weight excluding hydrogens is 202 g/mol. The van der Waals surface area contributed by atoms with Gasteiger partial charge in [0.2, 0.25) is 0 Å². The van der Waals surface area contributed by atoms with Gasteiger partial charge in [0.25, 0.3) is 0 Å². The molecule has 0 radical (unpaired) electrons. The lowest BCUT2D eigenvalue weighted by molar-refractivity contribution is 0.0835. The monoisotopic (exact) mass is 223 g/mol. The Morgan fingerprint density at radius 3 is 2.88 bits per heavy atom. The molecule has 0 aromatic carbocycles. The molecule has 2 heterocycles. The summed E-state index contributed by atoms with van der Waals surface area (Å²) in [6.45, 7) is 5.74. The van der Waals surface area contributed by atoms with Gasteiger partial charge < -0.3 is 10.1 Å². The molecule has 4 nitrogen and oxygen atoms in total. The molecule has 90 valence electrons. The Bertz CT molecular complexity index is 329. The number of nitrogens with zero attached hydrogens (tertiary/aromatic N) is 2. The summed E-state index contributed by atoms with van der Waals surface area (Å²) in [6.07, 6.45) is 2.26. The van der Waals surface area contributed by atoms with E-state index in [1.54, 1.807) is 0 Å². The van der Waals surface area contributed by atoms with Gasteiger partial charge in [-0.3, -0.25) is 4.68 Å². The molecule has 1 saturated heterocycles. The van der Waals surface area contributed by atoms with Gasteiger partial charge in [0.1, 0.15) is 0 Å². The average Bonchev–Trinajstić information content (AvgIpc) is 2.74. The molecule has 1 N–H and O–H groups in total. The Morgan fingerprint density at radius 2 is 2.25 bits per heavy atom. The maximum atomic E-state index is 5.41. The Kier molecular flexibility index (Phi) is 3.96. The predicted molar refractivity (Wildman–Crippen MR) is 63.5 cm³/mol. The van der Waals surface area contributed by atoms with Crippen LogP contribution in [0.5, 0.6) is 0 Å². The highest BCUT2D eigenvalue weighted by atomic mass is 16.5. The van der Waals surface area contributed by atoms with Gasteiger partial charge in [-0.05, 0) is 32.9 Å². The van der Waals surface area contributed by atoms with Crippen LogP contribution in [0.15, 0.2) is 6.07 Å². The van der Waals surface area contributed by atoms with E-state index in [-0.39, 0.29) is 0 Å². The lowest BCUT2D eigenvalue weighted by Gasteiger charge is -2.22. The van der Waals surface area contributed by atoms with Crippen molar-refractivity contribution in [2.24, 2.45) is 0 Å². The van der Waals surface area contributed by atoms with Crippen LogP contribution in [0.4, 0.5) is 0 Å². The van der Waals surface area contributed by atoms with Crippen LogP contribution in [-0.2, 0) is 17.8 Å². The molecule has 1 aromatic heterocycles. The van der Waals surface area contributed by atoms with E-state index in [1.165, 1.54) is 5.69 Å². The summed E-state index contributed by atoms with van der Waals surface area (Å²) in [5.41, 5.74) is 2.53. The first-order valence-electron chi connectivity index (χ1n) is 6.14. The smallest absolute Gasteiger partial charge is 0.0765 e. The Morgan fingerprint density at radius 1 is 1.50 bits per heavy atom. The Labute approximate surface area is 97.0 Å². The second-order valence-corrected chi connectivity index (χ2v) is 4.29. The summed E-state index contributed by atoms with van der Waals surface area (Å²) in [4.78, 5) is 0. The minimum Gasteiger partial charge on any atom is -0.381 e. The van der Waals surface area contributed by atoms with E-state index in [1.807, 2.05) is 7.05 Å². The van der Waals surface area contributed by atoms with E-state index in [9.17, 15) is 0 Å². The molecule has 0 unspecified atom stereocenters. The zero-order valence-electron chi connectivity index (χ0n) is 10.2. The van der Waals surface area contributed by atoms with Crippen molar-refractivity contribution in [1.29, 1.82) is 0 Å². The minimum atomic E-state index is 0.631. The topological polar surface area (TPSA) is 39.1 Å². The largest absolute Gasteiger partial charge is 0.381 e. The third-order valence-corrected chi connectivity index (χ3v) is 3.16. The molecule has 16 heavy (non-hydrogen) atoms. The standard InChI is InChI=1S/C12H21N3O/c1-3-15-12(8-11(14-15)9-13-2)10-4-6-16-7-5-10/h8,10,13H,3-7,9H2,1-2H3. The van der Waals surface area contributed by atoms with Crippen LogP contribution in [0, 0.1) is 0 Å². The van der Waals surface area contributed by atoms with E-state index in [0.29, 0.717) is 5.92 Å². The van der Waals surface area contributed by atoms with Crippen molar-refractivity contribution in [3.05, 3.63) is 17.5 Å². The predicted octanol–water partition coefficient (Wildman–Crippen LogP) is 1.52. The maximum Gasteiger partial charge on any atom is 0.0765 e. The summed E-state index contributed by atoms with van der Waals surface area (Å²) in [5, 5.41) is 7.76. The zero-order valence-corrected chi connectivity index (χ0v) is 10.2. The van der Waals surface area contributed by atoms with Gasteiger partial charge in [-0.1, -0.05) is 0 Å². The molecule has 0 aliphatic carbocycles. The van der Waals surface area contributed by atoms with E-state index in [4.69, 9.17) is 4.74 Å². The highest BCUT2D eigenvalue weighted by Crippen LogP contribution is 2.27.